The Kier molecular flexibility index (Phi) is 4.68. The van der Waals surface area contributed by atoms with Crippen LogP contribution in [0, 0.1) is 6.92 Å². The van der Waals surface area contributed by atoms with Gasteiger partial charge in [0.05, 0.1) is 0 Å². The van der Waals surface area contributed by atoms with Gasteiger partial charge in [0.2, 0.25) is 0 Å². The van der Waals surface area contributed by atoms with Crippen molar-refractivity contribution in [2.75, 3.05) is 6.54 Å². The number of carbonyl (C=O) groups is 3. The summed E-state index contributed by atoms with van der Waals surface area (Å²) in [6, 6.07) is -0.782. The largest absolute Gasteiger partial charge is 0.480 e. The van der Waals surface area contributed by atoms with E-state index in [-0.39, 0.29) is 11.7 Å². The Hall–Kier alpha value is -2.11. The molecule has 2 heterocycles. The standard InChI is InChI=1S/C16H22N2O4/c1-4-11-13(10(3)19)9(2)17-14(11)15(20)18-8-6-5-7-12(18)16(21)22/h12,17H,4-8H2,1-3H3,(H,21,22)/t12-/m0/s1. The lowest BCUT2D eigenvalue weighted by molar-refractivity contribution is -0.143. The minimum absolute atomic E-state index is 0.0851. The molecule has 0 unspecified atom stereocenters. The molecule has 1 aliphatic rings. The molecular formula is C16H22N2O4. The highest BCUT2D eigenvalue weighted by Crippen LogP contribution is 2.25. The van der Waals surface area contributed by atoms with Crippen molar-refractivity contribution >= 4 is 17.7 Å². The molecule has 1 aromatic heterocycles. The Morgan fingerprint density at radius 3 is 2.55 bits per heavy atom. The minimum Gasteiger partial charge on any atom is -0.480 e. The molecule has 2 N–H and O–H groups in total. The molecule has 1 atom stereocenters. The Balaban J connectivity index is 2.42. The van der Waals surface area contributed by atoms with Crippen molar-refractivity contribution in [3.63, 3.8) is 0 Å². The number of amides is 1. The first-order valence-corrected chi connectivity index (χ1v) is 7.64. The summed E-state index contributed by atoms with van der Waals surface area (Å²) in [5.74, 6) is -1.38. The summed E-state index contributed by atoms with van der Waals surface area (Å²) in [6.45, 7) is 5.56. The highest BCUT2D eigenvalue weighted by molar-refractivity contribution is 6.03. The lowest BCUT2D eigenvalue weighted by atomic mass is 9.99. The van der Waals surface area contributed by atoms with Gasteiger partial charge in [-0.25, -0.2) is 4.79 Å². The fraction of sp³-hybridized carbons (Fsp3) is 0.562. The van der Waals surface area contributed by atoms with Crippen molar-refractivity contribution in [1.82, 2.24) is 9.88 Å². The zero-order valence-corrected chi connectivity index (χ0v) is 13.2. The second-order valence-corrected chi connectivity index (χ2v) is 5.74. The molecule has 0 spiro atoms. The summed E-state index contributed by atoms with van der Waals surface area (Å²) in [5, 5.41) is 9.32. The molecule has 0 radical (unpaired) electrons. The van der Waals surface area contributed by atoms with Gasteiger partial charge in [0.1, 0.15) is 11.7 Å². The molecule has 1 fully saturated rings. The van der Waals surface area contributed by atoms with Crippen molar-refractivity contribution < 1.29 is 19.5 Å². The summed E-state index contributed by atoms with van der Waals surface area (Å²) in [4.78, 5) is 40.4. The van der Waals surface area contributed by atoms with E-state index in [1.807, 2.05) is 6.92 Å². The molecule has 0 aliphatic carbocycles. The van der Waals surface area contributed by atoms with Crippen LogP contribution < -0.4 is 0 Å². The number of hydrogen-bond acceptors (Lipinski definition) is 3. The van der Waals surface area contributed by atoms with Crippen molar-refractivity contribution in [2.24, 2.45) is 0 Å². The predicted octanol–water partition coefficient (Wildman–Crippen LogP) is 2.17. The summed E-state index contributed by atoms with van der Waals surface area (Å²) in [6.07, 6.45) is 2.63. The molecular weight excluding hydrogens is 284 g/mol. The average molecular weight is 306 g/mol. The SMILES string of the molecule is CCc1c(C(=O)N2CCCC[C@H]2C(=O)O)[nH]c(C)c1C(C)=O. The van der Waals surface area contributed by atoms with E-state index in [4.69, 9.17) is 0 Å². The molecule has 6 heteroatoms. The third-order valence-electron chi connectivity index (χ3n) is 4.26. The number of aromatic amines is 1. The van der Waals surface area contributed by atoms with Crippen molar-refractivity contribution in [2.45, 2.75) is 52.5 Å². The van der Waals surface area contributed by atoms with Gasteiger partial charge in [-0.15, -0.1) is 0 Å². The van der Waals surface area contributed by atoms with Crippen LogP contribution in [0.4, 0.5) is 0 Å². The number of aliphatic carboxylic acids is 1. The molecule has 0 bridgehead atoms. The van der Waals surface area contributed by atoms with Crippen LogP contribution in [-0.4, -0.2) is 45.2 Å². The molecule has 1 aliphatic heterocycles. The number of ketones is 1. The van der Waals surface area contributed by atoms with E-state index in [1.165, 1.54) is 11.8 Å². The molecule has 1 aromatic rings. The number of hydrogen-bond donors (Lipinski definition) is 2. The molecule has 2 rings (SSSR count). The Morgan fingerprint density at radius 2 is 2.00 bits per heavy atom. The van der Waals surface area contributed by atoms with Gasteiger partial charge in [0.15, 0.2) is 5.78 Å². The number of nitrogens with zero attached hydrogens (tertiary/aromatic N) is 1. The Bertz CT molecular complexity index is 618. The molecule has 1 amide bonds. The zero-order valence-electron chi connectivity index (χ0n) is 13.2. The van der Waals surface area contributed by atoms with Crippen LogP contribution in [0.2, 0.25) is 0 Å². The first-order valence-electron chi connectivity index (χ1n) is 7.64. The number of aromatic nitrogens is 1. The van der Waals surface area contributed by atoms with Crippen LogP contribution in [-0.2, 0) is 11.2 Å². The number of nitrogens with one attached hydrogen (secondary N) is 1. The summed E-state index contributed by atoms with van der Waals surface area (Å²) < 4.78 is 0. The van der Waals surface area contributed by atoms with Gasteiger partial charge in [-0.1, -0.05) is 6.92 Å². The van der Waals surface area contributed by atoms with Gasteiger partial charge in [0, 0.05) is 17.8 Å². The molecule has 120 valence electrons. The lowest BCUT2D eigenvalue weighted by Crippen LogP contribution is -2.48. The molecule has 6 nitrogen and oxygen atoms in total. The highest BCUT2D eigenvalue weighted by atomic mass is 16.4. The normalized spacial score (nSPS) is 18.3. The second-order valence-electron chi connectivity index (χ2n) is 5.74. The molecule has 1 saturated heterocycles. The first-order chi connectivity index (χ1) is 10.4. The summed E-state index contributed by atoms with van der Waals surface area (Å²) in [5.41, 5.74) is 2.26. The summed E-state index contributed by atoms with van der Waals surface area (Å²) in [7, 11) is 0. The van der Waals surface area contributed by atoms with E-state index < -0.39 is 12.0 Å². The monoisotopic (exact) mass is 306 g/mol. The van der Waals surface area contributed by atoms with Gasteiger partial charge < -0.3 is 15.0 Å². The third kappa shape index (κ3) is 2.77. The van der Waals surface area contributed by atoms with Crippen LogP contribution in [0.1, 0.15) is 65.2 Å². The van der Waals surface area contributed by atoms with Gasteiger partial charge >= 0.3 is 5.97 Å². The maximum Gasteiger partial charge on any atom is 0.326 e. The number of likely N-dealkylation sites (tertiary alicyclic amines) is 1. The van der Waals surface area contributed by atoms with E-state index in [2.05, 4.69) is 4.98 Å². The number of rotatable bonds is 4. The molecule has 0 saturated carbocycles. The van der Waals surface area contributed by atoms with E-state index >= 15 is 0 Å². The molecule has 0 aromatic carbocycles. The van der Waals surface area contributed by atoms with Gasteiger partial charge in [-0.3, -0.25) is 9.59 Å². The number of Topliss-reactive ketones (excluding diaryl/α,β-unsaturated/α-hetero) is 1. The fourth-order valence-electron chi connectivity index (χ4n) is 3.26. The van der Waals surface area contributed by atoms with Crippen LogP contribution in [0.25, 0.3) is 0 Å². The second kappa shape index (κ2) is 6.34. The van der Waals surface area contributed by atoms with Gasteiger partial charge in [-0.2, -0.15) is 0 Å². The average Bonchev–Trinajstić information content (AvgIpc) is 2.83. The highest BCUT2D eigenvalue weighted by Gasteiger charge is 2.34. The topological polar surface area (TPSA) is 90.5 Å². The number of piperidine rings is 1. The molecule has 22 heavy (non-hydrogen) atoms. The van der Waals surface area contributed by atoms with E-state index in [0.717, 1.165) is 12.8 Å². The van der Waals surface area contributed by atoms with E-state index in [1.54, 1.807) is 6.92 Å². The quantitative estimate of drug-likeness (QED) is 0.834. The summed E-state index contributed by atoms with van der Waals surface area (Å²) >= 11 is 0. The number of carboxylic acids is 1. The number of H-pyrrole nitrogens is 1. The van der Waals surface area contributed by atoms with E-state index in [9.17, 15) is 19.5 Å². The van der Waals surface area contributed by atoms with Gasteiger partial charge in [-0.05, 0) is 45.1 Å². The predicted molar refractivity (Wildman–Crippen MR) is 81.2 cm³/mol. The third-order valence-corrected chi connectivity index (χ3v) is 4.26. The van der Waals surface area contributed by atoms with Crippen molar-refractivity contribution in [3.05, 3.63) is 22.5 Å². The fourth-order valence-corrected chi connectivity index (χ4v) is 3.26. The van der Waals surface area contributed by atoms with Crippen molar-refractivity contribution in [3.8, 4) is 0 Å². The lowest BCUT2D eigenvalue weighted by Gasteiger charge is -2.32. The Labute approximate surface area is 129 Å². The zero-order chi connectivity index (χ0) is 16.4. The first kappa shape index (κ1) is 16.3. The smallest absolute Gasteiger partial charge is 0.326 e. The number of carbonyl (C=O) groups excluding carboxylic acids is 2. The van der Waals surface area contributed by atoms with Crippen LogP contribution in [0.15, 0.2) is 0 Å². The number of carboxylic acid groups (broad SMARTS) is 1. The van der Waals surface area contributed by atoms with Crippen LogP contribution in [0.3, 0.4) is 0 Å². The van der Waals surface area contributed by atoms with Crippen LogP contribution in [0.5, 0.6) is 0 Å². The minimum atomic E-state index is -0.971. The maximum absolute atomic E-state index is 12.8. The van der Waals surface area contributed by atoms with Crippen molar-refractivity contribution in [1.29, 1.82) is 0 Å². The van der Waals surface area contributed by atoms with Gasteiger partial charge in [0.25, 0.3) is 5.91 Å². The van der Waals surface area contributed by atoms with Crippen LogP contribution >= 0.6 is 0 Å². The Morgan fingerprint density at radius 1 is 1.32 bits per heavy atom. The maximum atomic E-state index is 12.8. The van der Waals surface area contributed by atoms with E-state index in [0.29, 0.717) is 41.9 Å². The number of aryl methyl sites for hydroxylation is 1.